The van der Waals surface area contributed by atoms with Crippen LogP contribution in [-0.4, -0.2) is 14.4 Å². The second-order valence-corrected chi connectivity index (χ2v) is 7.16. The highest BCUT2D eigenvalue weighted by Crippen LogP contribution is 2.24. The number of halogens is 1. The van der Waals surface area contributed by atoms with Crippen molar-refractivity contribution < 1.29 is 27.4 Å². The number of sulfonamides is 1. The molecule has 0 aromatic heterocycles. The molecule has 0 saturated heterocycles. The first-order valence-electron chi connectivity index (χ1n) is 7.72. The fraction of sp³-hybridized carbons (Fsp3) is 0. The standard InChI is InChI=1S/C19H14FNO5S/c20-18-11-10-16(12-17(18)19(22)23)27(24,25)21-13-6-8-15(9-7-13)26-14-4-2-1-3-5-14/h1-12,21H,(H,22,23)/p-1. The van der Waals surface area contributed by atoms with Crippen LogP contribution in [0.25, 0.3) is 0 Å². The van der Waals surface area contributed by atoms with E-state index >= 15 is 0 Å². The molecule has 0 amide bonds. The minimum absolute atomic E-state index is 0.231. The van der Waals surface area contributed by atoms with Crippen molar-refractivity contribution in [2.24, 2.45) is 0 Å². The van der Waals surface area contributed by atoms with Gasteiger partial charge in [0.05, 0.1) is 10.9 Å². The topological polar surface area (TPSA) is 95.5 Å². The molecule has 0 aliphatic rings. The molecule has 27 heavy (non-hydrogen) atoms. The third-order valence-electron chi connectivity index (χ3n) is 3.55. The summed E-state index contributed by atoms with van der Waals surface area (Å²) in [5, 5.41) is 10.9. The van der Waals surface area contributed by atoms with E-state index in [9.17, 15) is 22.7 Å². The van der Waals surface area contributed by atoms with Gasteiger partial charge in [-0.3, -0.25) is 4.72 Å². The normalized spacial score (nSPS) is 11.0. The summed E-state index contributed by atoms with van der Waals surface area (Å²) in [7, 11) is -4.11. The van der Waals surface area contributed by atoms with Crippen LogP contribution in [0.2, 0.25) is 0 Å². The van der Waals surface area contributed by atoms with Crippen LogP contribution in [0.15, 0.2) is 77.7 Å². The van der Waals surface area contributed by atoms with Gasteiger partial charge in [-0.05, 0) is 54.6 Å². The molecule has 3 aromatic carbocycles. The zero-order valence-electron chi connectivity index (χ0n) is 13.8. The molecule has 0 atom stereocenters. The summed E-state index contributed by atoms with van der Waals surface area (Å²) in [5.74, 6) is -1.74. The number of hydrogen-bond acceptors (Lipinski definition) is 5. The van der Waals surface area contributed by atoms with Crippen LogP contribution in [0.4, 0.5) is 10.1 Å². The quantitative estimate of drug-likeness (QED) is 0.703. The van der Waals surface area contributed by atoms with Gasteiger partial charge >= 0.3 is 0 Å². The summed E-state index contributed by atoms with van der Waals surface area (Å²) in [6.45, 7) is 0. The molecular weight excluding hydrogens is 373 g/mol. The zero-order valence-corrected chi connectivity index (χ0v) is 14.6. The first kappa shape index (κ1) is 18.4. The molecule has 0 heterocycles. The monoisotopic (exact) mass is 386 g/mol. The Bertz CT molecular complexity index is 1070. The van der Waals surface area contributed by atoms with Crippen molar-refractivity contribution in [3.05, 3.63) is 84.2 Å². The maximum Gasteiger partial charge on any atom is 0.261 e. The van der Waals surface area contributed by atoms with Gasteiger partial charge in [0, 0.05) is 11.3 Å². The predicted octanol–water partition coefficient (Wildman–Crippen LogP) is 2.78. The number of carboxylic acids is 1. The largest absolute Gasteiger partial charge is 0.545 e. The fourth-order valence-electron chi connectivity index (χ4n) is 2.26. The molecule has 0 fully saturated rings. The summed E-state index contributed by atoms with van der Waals surface area (Å²) in [4.78, 5) is 10.5. The van der Waals surface area contributed by atoms with Crippen molar-refractivity contribution >= 4 is 21.7 Å². The van der Waals surface area contributed by atoms with Gasteiger partial charge in [0.25, 0.3) is 10.0 Å². The van der Waals surface area contributed by atoms with Crippen LogP contribution in [0.3, 0.4) is 0 Å². The van der Waals surface area contributed by atoms with E-state index in [2.05, 4.69) is 4.72 Å². The van der Waals surface area contributed by atoms with Crippen LogP contribution < -0.4 is 14.6 Å². The lowest BCUT2D eigenvalue weighted by Crippen LogP contribution is -2.24. The van der Waals surface area contributed by atoms with Gasteiger partial charge in [0.2, 0.25) is 0 Å². The molecule has 0 spiro atoms. The molecule has 0 unspecified atom stereocenters. The van der Waals surface area contributed by atoms with Crippen molar-refractivity contribution in [1.82, 2.24) is 0 Å². The van der Waals surface area contributed by atoms with E-state index in [0.717, 1.165) is 12.1 Å². The van der Waals surface area contributed by atoms with Crippen LogP contribution in [-0.2, 0) is 10.0 Å². The summed E-state index contributed by atoms with van der Waals surface area (Å²) < 4.78 is 46.1. The van der Waals surface area contributed by atoms with Crippen LogP contribution in [0.5, 0.6) is 11.5 Å². The van der Waals surface area contributed by atoms with Gasteiger partial charge in [-0.1, -0.05) is 18.2 Å². The molecule has 0 radical (unpaired) electrons. The maximum absolute atomic E-state index is 13.4. The number of ether oxygens (including phenoxy) is 1. The Morgan fingerprint density at radius 3 is 2.19 bits per heavy atom. The first-order chi connectivity index (χ1) is 12.8. The van der Waals surface area contributed by atoms with Crippen LogP contribution >= 0.6 is 0 Å². The summed E-state index contributed by atoms with van der Waals surface area (Å²) >= 11 is 0. The molecule has 0 aliphatic carbocycles. The predicted molar refractivity (Wildman–Crippen MR) is 94.5 cm³/mol. The lowest BCUT2D eigenvalue weighted by atomic mass is 10.2. The van der Waals surface area contributed by atoms with E-state index in [1.807, 2.05) is 18.2 Å². The number of anilines is 1. The average Bonchev–Trinajstić information content (AvgIpc) is 2.64. The third-order valence-corrected chi connectivity index (χ3v) is 4.93. The number of para-hydroxylation sites is 1. The van der Waals surface area contributed by atoms with Gasteiger partial charge in [-0.15, -0.1) is 0 Å². The molecule has 0 saturated carbocycles. The van der Waals surface area contributed by atoms with Crippen molar-refractivity contribution in [3.63, 3.8) is 0 Å². The highest BCUT2D eigenvalue weighted by molar-refractivity contribution is 7.92. The highest BCUT2D eigenvalue weighted by Gasteiger charge is 2.17. The van der Waals surface area contributed by atoms with E-state index in [1.165, 1.54) is 12.1 Å². The minimum atomic E-state index is -4.11. The Balaban J connectivity index is 1.78. The Hall–Kier alpha value is -3.39. The number of carbonyl (C=O) groups is 1. The number of rotatable bonds is 6. The fourth-order valence-corrected chi connectivity index (χ4v) is 3.34. The molecular formula is C19H13FNO5S-. The number of aromatic carboxylic acids is 1. The van der Waals surface area contributed by atoms with E-state index in [0.29, 0.717) is 17.6 Å². The van der Waals surface area contributed by atoms with Gasteiger partial charge in [-0.25, -0.2) is 12.8 Å². The molecule has 3 aromatic rings. The van der Waals surface area contributed by atoms with Crippen LogP contribution in [0.1, 0.15) is 10.4 Å². The molecule has 8 heteroatoms. The van der Waals surface area contributed by atoms with Crippen molar-refractivity contribution in [2.45, 2.75) is 4.90 Å². The summed E-state index contributed by atoms with van der Waals surface area (Å²) in [6, 6.07) is 17.6. The Labute approximate surface area is 154 Å². The van der Waals surface area contributed by atoms with Crippen molar-refractivity contribution in [1.29, 1.82) is 0 Å². The lowest BCUT2D eigenvalue weighted by Gasteiger charge is -2.11. The van der Waals surface area contributed by atoms with Gasteiger partial charge in [-0.2, -0.15) is 0 Å². The Morgan fingerprint density at radius 2 is 1.56 bits per heavy atom. The number of carbonyl (C=O) groups excluding carboxylic acids is 1. The van der Waals surface area contributed by atoms with Crippen molar-refractivity contribution in [2.75, 3.05) is 4.72 Å². The lowest BCUT2D eigenvalue weighted by molar-refractivity contribution is -0.255. The number of carboxylic acid groups (broad SMARTS) is 1. The average molecular weight is 386 g/mol. The second-order valence-electron chi connectivity index (χ2n) is 5.47. The van der Waals surface area contributed by atoms with Crippen LogP contribution in [0, 0.1) is 5.82 Å². The molecule has 1 N–H and O–H groups in total. The molecule has 6 nitrogen and oxygen atoms in total. The first-order valence-corrected chi connectivity index (χ1v) is 9.20. The van der Waals surface area contributed by atoms with Gasteiger partial charge < -0.3 is 14.6 Å². The second kappa shape index (κ2) is 7.46. The molecule has 0 aliphatic heterocycles. The summed E-state index contributed by atoms with van der Waals surface area (Å²) in [5.41, 5.74) is -0.598. The highest BCUT2D eigenvalue weighted by atomic mass is 32.2. The Kier molecular flexibility index (Phi) is 5.09. The van der Waals surface area contributed by atoms with E-state index < -0.39 is 32.3 Å². The van der Waals surface area contributed by atoms with E-state index in [1.54, 1.807) is 24.3 Å². The molecule has 0 bridgehead atoms. The Morgan fingerprint density at radius 1 is 0.926 bits per heavy atom. The molecule has 3 rings (SSSR count). The molecule has 138 valence electrons. The van der Waals surface area contributed by atoms with Gasteiger partial charge in [0.1, 0.15) is 17.3 Å². The summed E-state index contributed by atoms with van der Waals surface area (Å²) in [6.07, 6.45) is 0. The number of nitrogens with one attached hydrogen (secondary N) is 1. The maximum atomic E-state index is 13.4. The third kappa shape index (κ3) is 4.42. The van der Waals surface area contributed by atoms with E-state index in [-0.39, 0.29) is 5.69 Å². The minimum Gasteiger partial charge on any atom is -0.545 e. The van der Waals surface area contributed by atoms with Gasteiger partial charge in [0.15, 0.2) is 0 Å². The van der Waals surface area contributed by atoms with E-state index in [4.69, 9.17) is 4.74 Å². The smallest absolute Gasteiger partial charge is 0.261 e. The zero-order chi connectivity index (χ0) is 19.4. The SMILES string of the molecule is O=C([O-])c1cc(S(=O)(=O)Nc2ccc(Oc3ccccc3)cc2)ccc1F. The van der Waals surface area contributed by atoms with Crippen molar-refractivity contribution in [3.8, 4) is 11.5 Å². The number of hydrogen-bond donors (Lipinski definition) is 1. The number of benzene rings is 3.